The molecule has 1 N–H and O–H groups in total. The molecule has 0 aliphatic rings. The molecule has 2 rings (SSSR count). The monoisotopic (exact) mass is 268 g/mol. The van der Waals surface area contributed by atoms with Crippen LogP contribution in [0.25, 0.3) is 11.4 Å². The van der Waals surface area contributed by atoms with Crippen LogP contribution in [0.15, 0.2) is 36.7 Å². The van der Waals surface area contributed by atoms with E-state index < -0.39 is 23.3 Å². The second kappa shape index (κ2) is 4.68. The SMILES string of the molecule is O=C(O)c1cc(C(F)(F)F)ccc1-c1ncccn1. The molecule has 19 heavy (non-hydrogen) atoms. The van der Waals surface area contributed by atoms with Gasteiger partial charge in [0.2, 0.25) is 0 Å². The van der Waals surface area contributed by atoms with Gasteiger partial charge in [0.25, 0.3) is 0 Å². The number of hydrogen-bond acceptors (Lipinski definition) is 3. The molecule has 2 aromatic rings. The lowest BCUT2D eigenvalue weighted by Crippen LogP contribution is -2.09. The number of carboxylic acid groups (broad SMARTS) is 1. The van der Waals surface area contributed by atoms with E-state index in [-0.39, 0.29) is 11.4 Å². The van der Waals surface area contributed by atoms with Crippen LogP contribution in [0.2, 0.25) is 0 Å². The maximum atomic E-state index is 12.5. The lowest BCUT2D eigenvalue weighted by Gasteiger charge is -2.10. The summed E-state index contributed by atoms with van der Waals surface area (Å²) in [5.41, 5.74) is -1.47. The zero-order valence-corrected chi connectivity index (χ0v) is 9.35. The molecule has 0 unspecified atom stereocenters. The summed E-state index contributed by atoms with van der Waals surface area (Å²) in [7, 11) is 0. The minimum absolute atomic E-state index is 0.0427. The fourth-order valence-corrected chi connectivity index (χ4v) is 1.53. The summed E-state index contributed by atoms with van der Waals surface area (Å²) in [5, 5.41) is 8.99. The predicted molar refractivity (Wildman–Crippen MR) is 59.4 cm³/mol. The molecule has 0 spiro atoms. The van der Waals surface area contributed by atoms with E-state index in [1.54, 1.807) is 0 Å². The second-order valence-corrected chi connectivity index (χ2v) is 3.64. The Bertz CT molecular complexity index is 612. The smallest absolute Gasteiger partial charge is 0.416 e. The highest BCUT2D eigenvalue weighted by molar-refractivity contribution is 5.95. The van der Waals surface area contributed by atoms with Crippen LogP contribution in [-0.4, -0.2) is 21.0 Å². The third kappa shape index (κ3) is 2.70. The van der Waals surface area contributed by atoms with Crippen LogP contribution in [0.5, 0.6) is 0 Å². The molecular formula is C12H7F3N2O2. The molecule has 0 saturated heterocycles. The van der Waals surface area contributed by atoms with Gasteiger partial charge < -0.3 is 5.11 Å². The molecule has 7 heteroatoms. The van der Waals surface area contributed by atoms with Gasteiger partial charge in [0.15, 0.2) is 5.82 Å². The molecule has 0 atom stereocenters. The summed E-state index contributed by atoms with van der Waals surface area (Å²) < 4.78 is 37.6. The minimum atomic E-state index is -4.60. The third-order valence-corrected chi connectivity index (χ3v) is 2.38. The number of carboxylic acids is 1. The number of aromatic nitrogens is 2. The molecule has 1 heterocycles. The topological polar surface area (TPSA) is 63.1 Å². The number of alkyl halides is 3. The predicted octanol–water partition coefficient (Wildman–Crippen LogP) is 2.86. The van der Waals surface area contributed by atoms with Crippen LogP contribution in [0.4, 0.5) is 13.2 Å². The van der Waals surface area contributed by atoms with Crippen LogP contribution in [0.1, 0.15) is 15.9 Å². The van der Waals surface area contributed by atoms with E-state index in [4.69, 9.17) is 5.11 Å². The minimum Gasteiger partial charge on any atom is -0.478 e. The van der Waals surface area contributed by atoms with Crippen molar-refractivity contribution in [1.29, 1.82) is 0 Å². The summed E-state index contributed by atoms with van der Waals surface area (Å²) in [5.74, 6) is -1.40. The molecule has 1 aromatic carbocycles. The van der Waals surface area contributed by atoms with Gasteiger partial charge in [0.1, 0.15) is 0 Å². The second-order valence-electron chi connectivity index (χ2n) is 3.64. The van der Waals surface area contributed by atoms with Crippen molar-refractivity contribution in [3.63, 3.8) is 0 Å². The van der Waals surface area contributed by atoms with E-state index in [1.165, 1.54) is 18.5 Å². The molecule has 0 fully saturated rings. The number of benzene rings is 1. The summed E-state index contributed by atoms with van der Waals surface area (Å²) >= 11 is 0. The molecule has 0 saturated carbocycles. The Morgan fingerprint density at radius 1 is 1.16 bits per heavy atom. The molecule has 0 aliphatic heterocycles. The number of aromatic carboxylic acids is 1. The first-order chi connectivity index (χ1) is 8.89. The van der Waals surface area contributed by atoms with E-state index in [0.29, 0.717) is 6.07 Å². The highest BCUT2D eigenvalue weighted by Crippen LogP contribution is 2.32. The number of rotatable bonds is 2. The normalized spacial score (nSPS) is 11.3. The number of carbonyl (C=O) groups is 1. The molecule has 0 amide bonds. The van der Waals surface area contributed by atoms with Crippen molar-refractivity contribution in [3.05, 3.63) is 47.8 Å². The first kappa shape index (κ1) is 13.0. The Morgan fingerprint density at radius 3 is 2.32 bits per heavy atom. The van der Waals surface area contributed by atoms with Gasteiger partial charge in [-0.1, -0.05) is 0 Å². The van der Waals surface area contributed by atoms with Gasteiger partial charge in [0, 0.05) is 18.0 Å². The highest BCUT2D eigenvalue weighted by Gasteiger charge is 2.32. The lowest BCUT2D eigenvalue weighted by atomic mass is 10.0. The lowest BCUT2D eigenvalue weighted by molar-refractivity contribution is -0.137. The van der Waals surface area contributed by atoms with Crippen molar-refractivity contribution in [2.24, 2.45) is 0 Å². The molecule has 1 aromatic heterocycles. The van der Waals surface area contributed by atoms with E-state index in [2.05, 4.69) is 9.97 Å². The Balaban J connectivity index is 2.61. The van der Waals surface area contributed by atoms with Gasteiger partial charge in [-0.05, 0) is 24.3 Å². The Kier molecular flexibility index (Phi) is 3.20. The molecule has 0 radical (unpaired) electrons. The average Bonchev–Trinajstić information content (AvgIpc) is 2.38. The van der Waals surface area contributed by atoms with Crippen LogP contribution in [-0.2, 0) is 6.18 Å². The van der Waals surface area contributed by atoms with E-state index in [9.17, 15) is 18.0 Å². The zero-order valence-electron chi connectivity index (χ0n) is 9.35. The van der Waals surface area contributed by atoms with Gasteiger partial charge in [-0.25, -0.2) is 14.8 Å². The highest BCUT2D eigenvalue weighted by atomic mass is 19.4. The third-order valence-electron chi connectivity index (χ3n) is 2.38. The number of nitrogens with zero attached hydrogens (tertiary/aromatic N) is 2. The Labute approximate surface area is 105 Å². The van der Waals surface area contributed by atoms with E-state index in [1.807, 2.05) is 0 Å². The van der Waals surface area contributed by atoms with Crippen LogP contribution in [0.3, 0.4) is 0 Å². The molecule has 98 valence electrons. The molecular weight excluding hydrogens is 261 g/mol. The first-order valence-electron chi connectivity index (χ1n) is 5.11. The van der Waals surface area contributed by atoms with Gasteiger partial charge in [-0.3, -0.25) is 0 Å². The maximum Gasteiger partial charge on any atom is 0.416 e. The Hall–Kier alpha value is -2.44. The number of hydrogen-bond donors (Lipinski definition) is 1. The fraction of sp³-hybridized carbons (Fsp3) is 0.0833. The van der Waals surface area contributed by atoms with Crippen molar-refractivity contribution >= 4 is 5.97 Å². The van der Waals surface area contributed by atoms with Gasteiger partial charge >= 0.3 is 12.1 Å². The molecule has 0 aliphatic carbocycles. The van der Waals surface area contributed by atoms with Crippen molar-refractivity contribution in [1.82, 2.24) is 9.97 Å². The molecule has 0 bridgehead atoms. The van der Waals surface area contributed by atoms with Crippen molar-refractivity contribution < 1.29 is 23.1 Å². The van der Waals surface area contributed by atoms with Crippen LogP contribution >= 0.6 is 0 Å². The van der Waals surface area contributed by atoms with E-state index >= 15 is 0 Å². The number of halogens is 3. The van der Waals surface area contributed by atoms with Gasteiger partial charge in [-0.15, -0.1) is 0 Å². The van der Waals surface area contributed by atoms with Gasteiger partial charge in [0.05, 0.1) is 11.1 Å². The van der Waals surface area contributed by atoms with Crippen molar-refractivity contribution in [2.75, 3.05) is 0 Å². The summed E-state index contributed by atoms with van der Waals surface area (Å²) in [4.78, 5) is 18.7. The first-order valence-corrected chi connectivity index (χ1v) is 5.11. The van der Waals surface area contributed by atoms with E-state index in [0.717, 1.165) is 12.1 Å². The van der Waals surface area contributed by atoms with Crippen molar-refractivity contribution in [3.8, 4) is 11.4 Å². The van der Waals surface area contributed by atoms with Crippen LogP contribution in [0, 0.1) is 0 Å². The largest absolute Gasteiger partial charge is 0.478 e. The molecule has 4 nitrogen and oxygen atoms in total. The summed E-state index contributed by atoms with van der Waals surface area (Å²) in [6, 6.07) is 3.96. The maximum absolute atomic E-state index is 12.5. The standard InChI is InChI=1S/C12H7F3N2O2/c13-12(14,15)7-2-3-8(9(6-7)11(18)19)10-16-4-1-5-17-10/h1-6H,(H,18,19). The quantitative estimate of drug-likeness (QED) is 0.909. The Morgan fingerprint density at radius 2 is 1.79 bits per heavy atom. The van der Waals surface area contributed by atoms with Crippen LogP contribution < -0.4 is 0 Å². The fourth-order valence-electron chi connectivity index (χ4n) is 1.53. The van der Waals surface area contributed by atoms with Crippen molar-refractivity contribution in [2.45, 2.75) is 6.18 Å². The average molecular weight is 268 g/mol. The summed E-state index contributed by atoms with van der Waals surface area (Å²) in [6.07, 6.45) is -1.84. The van der Waals surface area contributed by atoms with Gasteiger partial charge in [-0.2, -0.15) is 13.2 Å². The summed E-state index contributed by atoms with van der Waals surface area (Å²) in [6.45, 7) is 0. The zero-order chi connectivity index (χ0) is 14.0.